The standard InChI is InChI=1S/C7H14N4.H2NO3/c1-5(2)4-6(3)10-11-7(8)9;2-1(3)4/h4H,1-3H3,(H4,8,9,11);(H2,2,3,4)/q;+1/b10-6+;. The molecule has 86 valence electrons. The average molecular weight is 218 g/mol. The molecule has 15 heavy (non-hydrogen) atoms. The molecule has 0 atom stereocenters. The second-order valence-corrected chi connectivity index (χ2v) is 2.74. The molecule has 8 nitrogen and oxygen atoms in total. The van der Waals surface area contributed by atoms with Gasteiger partial charge in [-0.25, -0.2) is 10.4 Å². The summed E-state index contributed by atoms with van der Waals surface area (Å²) >= 11 is 0. The van der Waals surface area contributed by atoms with Crippen LogP contribution in [-0.2, 0) is 0 Å². The van der Waals surface area contributed by atoms with Gasteiger partial charge in [-0.15, -0.1) is 5.10 Å². The lowest BCUT2D eigenvalue weighted by atomic mass is 10.3. The molecule has 0 aromatic rings. The summed E-state index contributed by atoms with van der Waals surface area (Å²) in [6.07, 6.45) is 1.90. The molecule has 0 aromatic carbocycles. The van der Waals surface area contributed by atoms with Gasteiger partial charge in [0.15, 0.2) is 0 Å². The molecule has 6 N–H and O–H groups in total. The first-order valence-corrected chi connectivity index (χ1v) is 3.88. The minimum atomic E-state index is -1.25. The topological polar surface area (TPSA) is 137 Å². The largest absolute Gasteiger partial charge is 0.472 e. The Kier molecular flexibility index (Phi) is 8.68. The van der Waals surface area contributed by atoms with Crippen LogP contribution in [0, 0.1) is 4.91 Å². The van der Waals surface area contributed by atoms with Crippen molar-refractivity contribution in [3.05, 3.63) is 16.6 Å². The van der Waals surface area contributed by atoms with E-state index in [1.165, 1.54) is 0 Å². The Labute approximate surface area is 87.1 Å². The number of rotatable bonds is 2. The van der Waals surface area contributed by atoms with Crippen molar-refractivity contribution in [2.45, 2.75) is 20.8 Å². The lowest BCUT2D eigenvalue weighted by molar-refractivity contribution is -0.969. The fraction of sp³-hybridized carbons (Fsp3) is 0.429. The predicted molar refractivity (Wildman–Crippen MR) is 55.6 cm³/mol. The fourth-order valence-electron chi connectivity index (χ4n) is 0.583. The molecule has 0 unspecified atom stereocenters. The van der Waals surface area contributed by atoms with Crippen LogP contribution in [0.2, 0.25) is 0 Å². The highest BCUT2D eigenvalue weighted by Gasteiger charge is 1.83. The van der Waals surface area contributed by atoms with Crippen molar-refractivity contribution in [1.29, 1.82) is 0 Å². The second kappa shape index (κ2) is 8.48. The Hall–Kier alpha value is -2.12. The van der Waals surface area contributed by atoms with Crippen molar-refractivity contribution >= 4 is 11.7 Å². The third kappa shape index (κ3) is 24.5. The molecule has 0 aliphatic rings. The van der Waals surface area contributed by atoms with Crippen LogP contribution in [-0.4, -0.2) is 27.2 Å². The van der Waals surface area contributed by atoms with E-state index >= 15 is 0 Å². The van der Waals surface area contributed by atoms with E-state index in [1.54, 1.807) is 0 Å². The van der Waals surface area contributed by atoms with E-state index in [0.717, 1.165) is 11.3 Å². The molecular formula is C7H16N5O3+. The molecule has 0 aromatic heterocycles. The van der Waals surface area contributed by atoms with E-state index in [1.807, 2.05) is 26.8 Å². The van der Waals surface area contributed by atoms with Crippen molar-refractivity contribution in [1.82, 2.24) is 0 Å². The summed E-state index contributed by atoms with van der Waals surface area (Å²) in [6, 6.07) is 0. The molecule has 0 spiro atoms. The monoisotopic (exact) mass is 218 g/mol. The highest BCUT2D eigenvalue weighted by molar-refractivity contribution is 5.93. The van der Waals surface area contributed by atoms with Crippen LogP contribution >= 0.6 is 0 Å². The Bertz CT molecular complexity index is 283. The predicted octanol–water partition coefficient (Wildman–Crippen LogP) is 0.146. The lowest BCUT2D eigenvalue weighted by Crippen LogP contribution is -2.21. The van der Waals surface area contributed by atoms with Gasteiger partial charge in [0.05, 0.1) is 5.71 Å². The highest BCUT2D eigenvalue weighted by atomic mass is 16.9. The fourth-order valence-corrected chi connectivity index (χ4v) is 0.583. The Balaban J connectivity index is 0. The Morgan fingerprint density at radius 2 is 1.60 bits per heavy atom. The van der Waals surface area contributed by atoms with Gasteiger partial charge in [0.25, 0.3) is 0 Å². The van der Waals surface area contributed by atoms with Crippen LogP contribution in [0.3, 0.4) is 0 Å². The highest BCUT2D eigenvalue weighted by Crippen LogP contribution is 1.90. The molecule has 0 fully saturated rings. The third-order valence-corrected chi connectivity index (χ3v) is 0.821. The molecule has 0 aliphatic heterocycles. The SMILES string of the molecule is CC(C)=C/C(C)=N/N=C(N)N.O=[N+](O)O. The van der Waals surface area contributed by atoms with Gasteiger partial charge in [-0.05, 0) is 26.8 Å². The first-order valence-electron chi connectivity index (χ1n) is 3.88. The maximum atomic E-state index is 8.47. The van der Waals surface area contributed by atoms with Crippen LogP contribution in [0.15, 0.2) is 21.9 Å². The number of allylic oxidation sites excluding steroid dienone is 2. The number of nitrogens with zero attached hydrogens (tertiary/aromatic N) is 3. The number of hydrogen-bond acceptors (Lipinski definition) is 3. The van der Waals surface area contributed by atoms with Gasteiger partial charge in [0, 0.05) is 0 Å². The number of nitrogens with two attached hydrogens (primary N) is 2. The first kappa shape index (κ1) is 15.4. The molecule has 0 amide bonds. The van der Waals surface area contributed by atoms with Crippen LogP contribution in [0.25, 0.3) is 0 Å². The smallest absolute Gasteiger partial charge is 0.369 e. The van der Waals surface area contributed by atoms with Gasteiger partial charge in [-0.3, -0.25) is 0 Å². The molecule has 0 saturated carbocycles. The first-order chi connectivity index (χ1) is 6.75. The molecule has 0 aliphatic carbocycles. The quantitative estimate of drug-likeness (QED) is 0.297. The van der Waals surface area contributed by atoms with Gasteiger partial charge in [-0.1, -0.05) is 5.57 Å². The molecule has 0 saturated heterocycles. The third-order valence-electron chi connectivity index (χ3n) is 0.821. The van der Waals surface area contributed by atoms with E-state index in [2.05, 4.69) is 10.2 Å². The maximum Gasteiger partial charge on any atom is 0.472 e. The summed E-state index contributed by atoms with van der Waals surface area (Å²) in [7, 11) is 0. The van der Waals surface area contributed by atoms with E-state index in [0.29, 0.717) is 0 Å². The van der Waals surface area contributed by atoms with Crippen LogP contribution in [0.1, 0.15) is 20.8 Å². The summed E-state index contributed by atoms with van der Waals surface area (Å²) in [6.45, 7) is 5.79. The molecule has 0 radical (unpaired) electrons. The molecule has 0 heterocycles. The zero-order chi connectivity index (χ0) is 12.4. The van der Waals surface area contributed by atoms with E-state index in [-0.39, 0.29) is 5.96 Å². The summed E-state index contributed by atoms with van der Waals surface area (Å²) in [5, 5.41) is 19.8. The van der Waals surface area contributed by atoms with Gasteiger partial charge in [0.1, 0.15) is 4.91 Å². The van der Waals surface area contributed by atoms with Crippen molar-refractivity contribution in [3.63, 3.8) is 0 Å². The number of hydrogen-bond donors (Lipinski definition) is 4. The van der Waals surface area contributed by atoms with E-state index in [4.69, 9.17) is 26.8 Å². The Morgan fingerprint density at radius 1 is 1.20 bits per heavy atom. The van der Waals surface area contributed by atoms with Gasteiger partial charge >= 0.3 is 5.09 Å². The van der Waals surface area contributed by atoms with Gasteiger partial charge in [-0.2, -0.15) is 5.10 Å². The van der Waals surface area contributed by atoms with Crippen LogP contribution in [0.4, 0.5) is 0 Å². The average Bonchev–Trinajstić information content (AvgIpc) is 1.98. The van der Waals surface area contributed by atoms with Crippen LogP contribution < -0.4 is 11.5 Å². The van der Waals surface area contributed by atoms with Crippen molar-refractivity contribution < 1.29 is 15.5 Å². The summed E-state index contributed by atoms with van der Waals surface area (Å²) in [5.41, 5.74) is 12.1. The summed E-state index contributed by atoms with van der Waals surface area (Å²) in [4.78, 5) is 8.47. The van der Waals surface area contributed by atoms with E-state index < -0.39 is 5.09 Å². The minimum Gasteiger partial charge on any atom is -0.369 e. The Morgan fingerprint density at radius 3 is 1.87 bits per heavy atom. The number of guanidine groups is 1. The van der Waals surface area contributed by atoms with Crippen molar-refractivity contribution in [2.24, 2.45) is 21.7 Å². The molecule has 0 bridgehead atoms. The lowest BCUT2D eigenvalue weighted by Gasteiger charge is -1.89. The summed E-state index contributed by atoms with van der Waals surface area (Å²) < 4.78 is 0. The second-order valence-electron chi connectivity index (χ2n) is 2.74. The normalized spacial score (nSPS) is 9.40. The molecular weight excluding hydrogens is 202 g/mol. The molecule has 8 heteroatoms. The zero-order valence-corrected chi connectivity index (χ0v) is 8.88. The van der Waals surface area contributed by atoms with Gasteiger partial charge < -0.3 is 11.5 Å². The van der Waals surface area contributed by atoms with Crippen molar-refractivity contribution in [3.8, 4) is 0 Å². The zero-order valence-electron chi connectivity index (χ0n) is 8.88. The maximum absolute atomic E-state index is 8.47. The van der Waals surface area contributed by atoms with E-state index in [9.17, 15) is 0 Å². The molecule has 0 rings (SSSR count). The van der Waals surface area contributed by atoms with Gasteiger partial charge in [0.2, 0.25) is 5.96 Å². The minimum absolute atomic E-state index is 0.0218. The van der Waals surface area contributed by atoms with Crippen LogP contribution in [0.5, 0.6) is 0 Å². The van der Waals surface area contributed by atoms with Crippen molar-refractivity contribution in [2.75, 3.05) is 0 Å². The summed E-state index contributed by atoms with van der Waals surface area (Å²) in [5.74, 6) is -0.0218.